The van der Waals surface area contributed by atoms with Crippen molar-refractivity contribution in [2.24, 2.45) is 0 Å². The number of pyridine rings is 1. The Hall–Kier alpha value is -1.74. The number of aromatic nitrogens is 1. The summed E-state index contributed by atoms with van der Waals surface area (Å²) < 4.78 is 14.2. The van der Waals surface area contributed by atoms with Crippen molar-refractivity contribution >= 4 is 0 Å². The van der Waals surface area contributed by atoms with E-state index in [2.05, 4.69) is 10.3 Å². The Labute approximate surface area is 107 Å². The van der Waals surface area contributed by atoms with Gasteiger partial charge in [0, 0.05) is 18.0 Å². The van der Waals surface area contributed by atoms with Crippen molar-refractivity contribution in [3.8, 4) is 0 Å². The summed E-state index contributed by atoms with van der Waals surface area (Å²) in [5.74, 6) is -0.154. The van der Waals surface area contributed by atoms with E-state index in [1.54, 1.807) is 25.4 Å². The lowest BCUT2D eigenvalue weighted by Gasteiger charge is -2.18. The second-order valence-corrected chi connectivity index (χ2v) is 4.50. The van der Waals surface area contributed by atoms with Gasteiger partial charge in [-0.05, 0) is 37.6 Å². The van der Waals surface area contributed by atoms with Crippen LogP contribution < -0.4 is 5.32 Å². The number of rotatable bonds is 3. The molecular formula is C15H17FN2. The number of halogens is 1. The quantitative estimate of drug-likeness (QED) is 0.897. The first-order valence-electron chi connectivity index (χ1n) is 5.97. The van der Waals surface area contributed by atoms with Crippen LogP contribution in [0.15, 0.2) is 36.7 Å². The molecule has 0 spiro atoms. The molecule has 1 aromatic heterocycles. The van der Waals surface area contributed by atoms with Crippen LogP contribution in [0, 0.1) is 19.7 Å². The van der Waals surface area contributed by atoms with Crippen molar-refractivity contribution in [1.82, 2.24) is 10.3 Å². The highest BCUT2D eigenvalue weighted by molar-refractivity contribution is 5.35. The summed E-state index contributed by atoms with van der Waals surface area (Å²) in [6, 6.07) is 7.32. The predicted molar refractivity (Wildman–Crippen MR) is 71.0 cm³/mol. The Morgan fingerprint density at radius 3 is 2.67 bits per heavy atom. The lowest BCUT2D eigenvalue weighted by Crippen LogP contribution is -2.19. The van der Waals surface area contributed by atoms with Gasteiger partial charge in [-0.25, -0.2) is 4.39 Å². The van der Waals surface area contributed by atoms with E-state index in [1.807, 2.05) is 32.2 Å². The van der Waals surface area contributed by atoms with Gasteiger partial charge in [-0.2, -0.15) is 0 Å². The normalized spacial score (nSPS) is 12.4. The Bertz CT molecular complexity index is 552. The van der Waals surface area contributed by atoms with Crippen molar-refractivity contribution in [3.63, 3.8) is 0 Å². The van der Waals surface area contributed by atoms with Gasteiger partial charge >= 0.3 is 0 Å². The maximum Gasteiger partial charge on any atom is 0.131 e. The molecule has 94 valence electrons. The maximum atomic E-state index is 14.2. The number of hydrogen-bond donors (Lipinski definition) is 1. The van der Waals surface area contributed by atoms with Gasteiger partial charge < -0.3 is 5.32 Å². The van der Waals surface area contributed by atoms with E-state index in [0.717, 1.165) is 11.1 Å². The third-order valence-corrected chi connectivity index (χ3v) is 3.05. The average molecular weight is 244 g/mol. The number of nitrogens with zero attached hydrogens (tertiary/aromatic N) is 1. The van der Waals surface area contributed by atoms with Crippen LogP contribution in [0.5, 0.6) is 0 Å². The van der Waals surface area contributed by atoms with Gasteiger partial charge in [0.05, 0.1) is 6.04 Å². The van der Waals surface area contributed by atoms with E-state index in [9.17, 15) is 4.39 Å². The van der Waals surface area contributed by atoms with E-state index < -0.39 is 0 Å². The first-order chi connectivity index (χ1) is 8.63. The summed E-state index contributed by atoms with van der Waals surface area (Å²) in [6.07, 6.45) is 3.57. The van der Waals surface area contributed by atoms with Crippen LogP contribution in [0.25, 0.3) is 0 Å². The molecule has 0 saturated heterocycles. The minimum atomic E-state index is -0.169. The van der Waals surface area contributed by atoms with E-state index >= 15 is 0 Å². The Kier molecular flexibility index (Phi) is 3.72. The third kappa shape index (κ3) is 2.41. The zero-order chi connectivity index (χ0) is 13.1. The number of benzene rings is 1. The average Bonchev–Trinajstić information content (AvgIpc) is 2.35. The van der Waals surface area contributed by atoms with Gasteiger partial charge in [-0.3, -0.25) is 4.98 Å². The van der Waals surface area contributed by atoms with Gasteiger partial charge in [0.2, 0.25) is 0 Å². The SMILES string of the molecule is CNC(c1cncc(C)c1)c1cccc(C)c1F. The van der Waals surface area contributed by atoms with Gasteiger partial charge in [-0.15, -0.1) is 0 Å². The smallest absolute Gasteiger partial charge is 0.131 e. The lowest BCUT2D eigenvalue weighted by atomic mass is 9.97. The van der Waals surface area contributed by atoms with Crippen molar-refractivity contribution < 1.29 is 4.39 Å². The van der Waals surface area contributed by atoms with Crippen molar-refractivity contribution in [3.05, 3.63) is 64.7 Å². The minimum absolute atomic E-state index is 0.154. The second-order valence-electron chi connectivity index (χ2n) is 4.50. The fraction of sp³-hybridized carbons (Fsp3) is 0.267. The Morgan fingerprint density at radius 2 is 2.00 bits per heavy atom. The largest absolute Gasteiger partial charge is 0.309 e. The fourth-order valence-corrected chi connectivity index (χ4v) is 2.13. The fourth-order valence-electron chi connectivity index (χ4n) is 2.13. The third-order valence-electron chi connectivity index (χ3n) is 3.05. The second kappa shape index (κ2) is 5.27. The molecule has 1 atom stereocenters. The Morgan fingerprint density at radius 1 is 1.22 bits per heavy atom. The molecule has 0 aliphatic carbocycles. The lowest BCUT2D eigenvalue weighted by molar-refractivity contribution is 0.568. The highest BCUT2D eigenvalue weighted by Gasteiger charge is 2.17. The van der Waals surface area contributed by atoms with Crippen LogP contribution in [0.3, 0.4) is 0 Å². The van der Waals surface area contributed by atoms with Crippen molar-refractivity contribution in [2.45, 2.75) is 19.9 Å². The van der Waals surface area contributed by atoms with Gasteiger partial charge in [-0.1, -0.05) is 24.3 Å². The standard InChI is InChI=1S/C15H17FN2/c1-10-7-12(9-18-8-10)15(17-3)13-6-4-5-11(2)14(13)16/h4-9,15,17H,1-3H3. The molecule has 0 fully saturated rings. The molecule has 1 N–H and O–H groups in total. The zero-order valence-electron chi connectivity index (χ0n) is 10.9. The summed E-state index contributed by atoms with van der Waals surface area (Å²) in [7, 11) is 1.83. The molecule has 1 unspecified atom stereocenters. The summed E-state index contributed by atoms with van der Waals surface area (Å²) in [4.78, 5) is 4.17. The Balaban J connectivity index is 2.49. The maximum absolute atomic E-state index is 14.2. The van der Waals surface area contributed by atoms with Crippen LogP contribution >= 0.6 is 0 Å². The van der Waals surface area contributed by atoms with Crippen LogP contribution in [-0.2, 0) is 0 Å². The molecule has 2 nitrogen and oxygen atoms in total. The molecule has 0 radical (unpaired) electrons. The molecule has 3 heteroatoms. The summed E-state index contributed by atoms with van der Waals surface area (Å²) in [5, 5.41) is 3.15. The highest BCUT2D eigenvalue weighted by atomic mass is 19.1. The van der Waals surface area contributed by atoms with E-state index in [4.69, 9.17) is 0 Å². The van der Waals surface area contributed by atoms with Crippen LogP contribution in [0.1, 0.15) is 28.3 Å². The molecule has 0 bridgehead atoms. The topological polar surface area (TPSA) is 24.9 Å². The molecule has 0 amide bonds. The number of hydrogen-bond acceptors (Lipinski definition) is 2. The molecule has 1 aromatic carbocycles. The summed E-state index contributed by atoms with van der Waals surface area (Å²) in [5.41, 5.74) is 3.36. The molecule has 1 heterocycles. The molecule has 2 rings (SSSR count). The molecule has 18 heavy (non-hydrogen) atoms. The number of nitrogens with one attached hydrogen (secondary N) is 1. The molecule has 0 aliphatic heterocycles. The van der Waals surface area contributed by atoms with E-state index in [-0.39, 0.29) is 11.9 Å². The van der Waals surface area contributed by atoms with Crippen LogP contribution in [0.4, 0.5) is 4.39 Å². The first-order valence-corrected chi connectivity index (χ1v) is 5.97. The molecular weight excluding hydrogens is 227 g/mol. The van der Waals surface area contributed by atoms with Gasteiger partial charge in [0.1, 0.15) is 5.82 Å². The summed E-state index contributed by atoms with van der Waals surface area (Å²) in [6.45, 7) is 3.76. The summed E-state index contributed by atoms with van der Waals surface area (Å²) >= 11 is 0. The first kappa shape index (κ1) is 12.7. The van der Waals surface area contributed by atoms with Crippen LogP contribution in [0.2, 0.25) is 0 Å². The van der Waals surface area contributed by atoms with Gasteiger partial charge in [0.25, 0.3) is 0 Å². The number of aryl methyl sites for hydroxylation is 2. The zero-order valence-corrected chi connectivity index (χ0v) is 10.9. The monoisotopic (exact) mass is 244 g/mol. The molecule has 0 saturated carbocycles. The van der Waals surface area contributed by atoms with Crippen molar-refractivity contribution in [1.29, 1.82) is 0 Å². The molecule has 2 aromatic rings. The predicted octanol–water partition coefficient (Wildman–Crippen LogP) is 3.15. The van der Waals surface area contributed by atoms with E-state index in [1.165, 1.54) is 0 Å². The minimum Gasteiger partial charge on any atom is -0.309 e. The molecule has 0 aliphatic rings. The van der Waals surface area contributed by atoms with E-state index in [0.29, 0.717) is 11.1 Å². The van der Waals surface area contributed by atoms with Gasteiger partial charge in [0.15, 0.2) is 0 Å². The van der Waals surface area contributed by atoms with Crippen molar-refractivity contribution in [2.75, 3.05) is 7.05 Å². The van der Waals surface area contributed by atoms with Crippen LogP contribution in [-0.4, -0.2) is 12.0 Å². The highest BCUT2D eigenvalue weighted by Crippen LogP contribution is 2.25.